The van der Waals surface area contributed by atoms with Gasteiger partial charge in [0.15, 0.2) is 0 Å². The van der Waals surface area contributed by atoms with Crippen LogP contribution < -0.4 is 0 Å². The van der Waals surface area contributed by atoms with Gasteiger partial charge in [-0.05, 0) is 30.4 Å². The Morgan fingerprint density at radius 1 is 1.10 bits per heavy atom. The number of carbonyl (C=O) groups is 2. The summed E-state index contributed by atoms with van der Waals surface area (Å²) in [6, 6.07) is 7.74. The number of likely N-dealkylation sites (tertiary alicyclic amines) is 1. The van der Waals surface area contributed by atoms with Crippen LogP contribution in [0.25, 0.3) is 0 Å². The number of rotatable bonds is 5. The zero-order valence-electron chi connectivity index (χ0n) is 12.5. The van der Waals surface area contributed by atoms with Gasteiger partial charge in [0, 0.05) is 12.8 Å². The molecule has 4 heteroatoms. The van der Waals surface area contributed by atoms with E-state index < -0.39 is 6.10 Å². The molecule has 0 aliphatic carbocycles. The van der Waals surface area contributed by atoms with Crippen LogP contribution in [0.15, 0.2) is 24.3 Å². The SMILES string of the molecule is CCCc1ccc(C(O)CN2C(=O)CCCCC2=O)cc1. The van der Waals surface area contributed by atoms with Gasteiger partial charge < -0.3 is 5.11 Å². The maximum Gasteiger partial charge on any atom is 0.229 e. The predicted molar refractivity (Wildman–Crippen MR) is 80.6 cm³/mol. The van der Waals surface area contributed by atoms with E-state index in [-0.39, 0.29) is 18.4 Å². The number of imide groups is 1. The van der Waals surface area contributed by atoms with Crippen molar-refractivity contribution in [3.8, 4) is 0 Å². The maximum absolute atomic E-state index is 11.9. The highest BCUT2D eigenvalue weighted by Crippen LogP contribution is 2.19. The second-order valence-electron chi connectivity index (χ2n) is 5.61. The van der Waals surface area contributed by atoms with Gasteiger partial charge in [-0.2, -0.15) is 0 Å². The van der Waals surface area contributed by atoms with Crippen molar-refractivity contribution in [1.29, 1.82) is 0 Å². The summed E-state index contributed by atoms with van der Waals surface area (Å²) in [6.07, 6.45) is 3.58. The number of aliphatic hydroxyl groups excluding tert-OH is 1. The van der Waals surface area contributed by atoms with Gasteiger partial charge in [0.2, 0.25) is 11.8 Å². The van der Waals surface area contributed by atoms with Crippen LogP contribution in [0.2, 0.25) is 0 Å². The monoisotopic (exact) mass is 289 g/mol. The number of aliphatic hydroxyl groups is 1. The quantitative estimate of drug-likeness (QED) is 0.848. The van der Waals surface area contributed by atoms with Gasteiger partial charge in [-0.1, -0.05) is 37.6 Å². The fourth-order valence-electron chi connectivity index (χ4n) is 2.64. The molecule has 2 rings (SSSR count). The van der Waals surface area contributed by atoms with Crippen LogP contribution in [0, 0.1) is 0 Å². The second-order valence-corrected chi connectivity index (χ2v) is 5.61. The number of amides is 2. The molecule has 114 valence electrons. The van der Waals surface area contributed by atoms with Crippen molar-refractivity contribution < 1.29 is 14.7 Å². The average molecular weight is 289 g/mol. The van der Waals surface area contributed by atoms with Crippen LogP contribution in [0.1, 0.15) is 56.3 Å². The Balaban J connectivity index is 2.03. The van der Waals surface area contributed by atoms with Crippen LogP contribution in [0.4, 0.5) is 0 Å². The minimum absolute atomic E-state index is 0.0603. The first kappa shape index (κ1) is 15.7. The summed E-state index contributed by atoms with van der Waals surface area (Å²) in [5.41, 5.74) is 1.98. The molecule has 1 aliphatic rings. The molecule has 0 bridgehead atoms. The number of benzene rings is 1. The van der Waals surface area contributed by atoms with Crippen molar-refractivity contribution in [3.63, 3.8) is 0 Å². The van der Waals surface area contributed by atoms with Gasteiger partial charge in [-0.3, -0.25) is 14.5 Å². The summed E-state index contributed by atoms with van der Waals surface area (Å²) in [7, 11) is 0. The number of hydrogen-bond donors (Lipinski definition) is 1. The van der Waals surface area contributed by atoms with Crippen molar-refractivity contribution in [3.05, 3.63) is 35.4 Å². The number of hydrogen-bond acceptors (Lipinski definition) is 3. The molecule has 1 heterocycles. The Morgan fingerprint density at radius 2 is 1.67 bits per heavy atom. The summed E-state index contributed by atoms with van der Waals surface area (Å²) in [4.78, 5) is 25.1. The van der Waals surface area contributed by atoms with Crippen LogP contribution in [0.5, 0.6) is 0 Å². The van der Waals surface area contributed by atoms with Gasteiger partial charge in [0.25, 0.3) is 0 Å². The van der Waals surface area contributed by atoms with Crippen molar-refractivity contribution in [2.45, 2.75) is 51.6 Å². The fraction of sp³-hybridized carbons (Fsp3) is 0.529. The van der Waals surface area contributed by atoms with E-state index in [9.17, 15) is 14.7 Å². The van der Waals surface area contributed by atoms with Crippen molar-refractivity contribution in [2.75, 3.05) is 6.54 Å². The third kappa shape index (κ3) is 4.14. The number of nitrogens with zero attached hydrogens (tertiary/aromatic N) is 1. The van der Waals surface area contributed by atoms with Crippen molar-refractivity contribution >= 4 is 11.8 Å². The molecule has 0 spiro atoms. The fourth-order valence-corrected chi connectivity index (χ4v) is 2.64. The highest BCUT2D eigenvalue weighted by Gasteiger charge is 2.26. The molecule has 1 N–H and O–H groups in total. The minimum atomic E-state index is -0.813. The topological polar surface area (TPSA) is 57.6 Å². The molecule has 1 saturated heterocycles. The second kappa shape index (κ2) is 7.36. The largest absolute Gasteiger partial charge is 0.387 e. The van der Waals surface area contributed by atoms with E-state index in [0.29, 0.717) is 12.8 Å². The molecule has 2 amide bonds. The smallest absolute Gasteiger partial charge is 0.229 e. The van der Waals surface area contributed by atoms with Crippen LogP contribution in [-0.4, -0.2) is 28.4 Å². The minimum Gasteiger partial charge on any atom is -0.387 e. The zero-order chi connectivity index (χ0) is 15.2. The van der Waals surface area contributed by atoms with E-state index in [2.05, 4.69) is 6.92 Å². The van der Waals surface area contributed by atoms with Crippen molar-refractivity contribution in [2.24, 2.45) is 0 Å². The molecule has 0 radical (unpaired) electrons. The Hall–Kier alpha value is -1.68. The lowest BCUT2D eigenvalue weighted by atomic mass is 10.0. The van der Waals surface area contributed by atoms with Gasteiger partial charge in [-0.15, -0.1) is 0 Å². The molecule has 1 fully saturated rings. The van der Waals surface area contributed by atoms with Crippen LogP contribution in [0.3, 0.4) is 0 Å². The van der Waals surface area contributed by atoms with E-state index in [1.165, 1.54) is 10.5 Å². The van der Waals surface area contributed by atoms with Gasteiger partial charge in [0.1, 0.15) is 0 Å². The lowest BCUT2D eigenvalue weighted by molar-refractivity contribution is -0.145. The molecule has 1 aromatic carbocycles. The predicted octanol–water partition coefficient (Wildman–Crippen LogP) is 2.60. The third-order valence-corrected chi connectivity index (χ3v) is 3.89. The summed E-state index contributed by atoms with van der Waals surface area (Å²) in [6.45, 7) is 2.18. The Labute approximate surface area is 125 Å². The van der Waals surface area contributed by atoms with E-state index in [1.54, 1.807) is 0 Å². The summed E-state index contributed by atoms with van der Waals surface area (Å²) < 4.78 is 0. The first-order valence-electron chi connectivity index (χ1n) is 7.72. The van der Waals surface area contributed by atoms with Gasteiger partial charge in [0.05, 0.1) is 12.6 Å². The normalized spacial score (nSPS) is 17.7. The first-order valence-corrected chi connectivity index (χ1v) is 7.72. The average Bonchev–Trinajstić information content (AvgIpc) is 2.63. The number of aryl methyl sites for hydroxylation is 1. The summed E-state index contributed by atoms with van der Waals surface area (Å²) in [5, 5.41) is 10.3. The molecule has 1 aliphatic heterocycles. The third-order valence-electron chi connectivity index (χ3n) is 3.89. The summed E-state index contributed by atoms with van der Waals surface area (Å²) in [5.74, 6) is -0.335. The standard InChI is InChI=1S/C17H23NO3/c1-2-5-13-8-10-14(11-9-13)15(19)12-18-16(20)6-3-4-7-17(18)21/h8-11,15,19H,2-7,12H2,1H3. The summed E-state index contributed by atoms with van der Waals surface area (Å²) >= 11 is 0. The lowest BCUT2D eigenvalue weighted by Gasteiger charge is -2.22. The molecule has 1 unspecified atom stereocenters. The molecular weight excluding hydrogens is 266 g/mol. The molecule has 1 atom stereocenters. The Kier molecular flexibility index (Phi) is 5.51. The highest BCUT2D eigenvalue weighted by molar-refractivity contribution is 5.96. The lowest BCUT2D eigenvalue weighted by Crippen LogP contribution is -2.38. The zero-order valence-corrected chi connectivity index (χ0v) is 12.5. The Morgan fingerprint density at radius 3 is 2.19 bits per heavy atom. The first-order chi connectivity index (χ1) is 10.1. The Bertz CT molecular complexity index is 477. The van der Waals surface area contributed by atoms with Crippen LogP contribution >= 0.6 is 0 Å². The van der Waals surface area contributed by atoms with E-state index in [4.69, 9.17) is 0 Å². The molecule has 21 heavy (non-hydrogen) atoms. The van der Waals surface area contributed by atoms with E-state index in [0.717, 1.165) is 31.2 Å². The molecule has 1 aromatic rings. The molecular formula is C17H23NO3. The van der Waals surface area contributed by atoms with Gasteiger partial charge in [-0.25, -0.2) is 0 Å². The molecule has 0 saturated carbocycles. The van der Waals surface area contributed by atoms with E-state index >= 15 is 0 Å². The van der Waals surface area contributed by atoms with Gasteiger partial charge >= 0.3 is 0 Å². The highest BCUT2D eigenvalue weighted by atomic mass is 16.3. The maximum atomic E-state index is 11.9. The number of β-amino-alcohol motifs (C(OH)–C–C–N with tert-alkyl or cyclic N) is 1. The molecule has 0 aromatic heterocycles. The van der Waals surface area contributed by atoms with Crippen LogP contribution in [-0.2, 0) is 16.0 Å². The number of carbonyl (C=O) groups excluding carboxylic acids is 2. The van der Waals surface area contributed by atoms with Crippen molar-refractivity contribution in [1.82, 2.24) is 4.90 Å². The van der Waals surface area contributed by atoms with E-state index in [1.807, 2.05) is 24.3 Å². The molecule has 4 nitrogen and oxygen atoms in total.